The van der Waals surface area contributed by atoms with Gasteiger partial charge in [-0.2, -0.15) is 4.31 Å². The van der Waals surface area contributed by atoms with Crippen molar-refractivity contribution >= 4 is 28.4 Å². The number of carboxylic acids is 1. The molecule has 11 heteroatoms. The van der Waals surface area contributed by atoms with Crippen molar-refractivity contribution in [2.24, 2.45) is 5.92 Å². The Bertz CT molecular complexity index is 1020. The van der Waals surface area contributed by atoms with Gasteiger partial charge in [0.15, 0.2) is 0 Å². The fourth-order valence-corrected chi connectivity index (χ4v) is 7.39. The molecule has 4 rings (SSSR count). The molecule has 2 aliphatic carbocycles. The number of aryl methyl sites for hydroxylation is 1. The van der Waals surface area contributed by atoms with E-state index in [4.69, 9.17) is 4.74 Å². The number of carboxylic acid groups (broad SMARTS) is 1. The van der Waals surface area contributed by atoms with Gasteiger partial charge in [0.2, 0.25) is 15.9 Å². The number of halogens is 3. The number of sulfonamides is 1. The maximum absolute atomic E-state index is 13.4. The highest BCUT2D eigenvalue weighted by atomic mass is 35.5. The van der Waals surface area contributed by atoms with Crippen LogP contribution in [-0.4, -0.2) is 61.0 Å². The minimum absolute atomic E-state index is 0. The van der Waals surface area contributed by atoms with E-state index in [0.29, 0.717) is 31.6 Å². The molecule has 36 heavy (non-hydrogen) atoms. The molecule has 7 nitrogen and oxygen atoms in total. The molecule has 204 valence electrons. The molecule has 1 aromatic rings. The maximum atomic E-state index is 13.4. The highest BCUT2D eigenvalue weighted by molar-refractivity contribution is 7.89. The van der Waals surface area contributed by atoms with E-state index in [0.717, 1.165) is 42.1 Å². The smallest absolute Gasteiger partial charge is 0.322 e. The Hall–Kier alpha value is -1.49. The molecular weight excluding hydrogens is 514 g/mol. The van der Waals surface area contributed by atoms with Gasteiger partial charge in [0.25, 0.3) is 0 Å². The third-order valence-electron chi connectivity index (χ3n) is 7.66. The lowest BCUT2D eigenvalue weighted by atomic mass is 9.92. The predicted molar refractivity (Wildman–Crippen MR) is 135 cm³/mol. The van der Waals surface area contributed by atoms with Crippen molar-refractivity contribution in [3.05, 3.63) is 23.8 Å². The quantitative estimate of drug-likeness (QED) is 0.460. The van der Waals surface area contributed by atoms with Gasteiger partial charge in [-0.3, -0.25) is 4.79 Å². The Morgan fingerprint density at radius 2 is 1.92 bits per heavy atom. The van der Waals surface area contributed by atoms with E-state index in [1.165, 1.54) is 6.07 Å². The Morgan fingerprint density at radius 3 is 2.61 bits per heavy atom. The molecule has 0 amide bonds. The minimum Gasteiger partial charge on any atom is -0.489 e. The van der Waals surface area contributed by atoms with Crippen LogP contribution < -0.4 is 10.1 Å². The number of nitrogens with one attached hydrogen (secondary N) is 1. The molecule has 3 atom stereocenters. The molecule has 2 saturated carbocycles. The highest BCUT2D eigenvalue weighted by Gasteiger charge is 2.41. The zero-order chi connectivity index (χ0) is 25.2. The standard InChI is InChI=1S/C25H36F2N2O5S.ClH/c1-17-4-7-23(35(32,33)29-14-2-3-21(29)24(30)31)22(15-17)34-20-6-5-18(16-20)10-13-28-19-8-11-25(26,27)12-9-19;/h4,7,15,18-21,28H,2-3,5-6,8-14,16H2,1H3,(H,30,31);1H/t18-,20-,21-;/m0./s1. The first-order valence-corrected chi connectivity index (χ1v) is 14.1. The van der Waals surface area contributed by atoms with Crippen LogP contribution in [0.5, 0.6) is 5.75 Å². The Kier molecular flexibility index (Phi) is 9.63. The van der Waals surface area contributed by atoms with Crippen LogP contribution in [0.25, 0.3) is 0 Å². The van der Waals surface area contributed by atoms with E-state index in [2.05, 4.69) is 5.32 Å². The van der Waals surface area contributed by atoms with Crippen molar-refractivity contribution in [3.8, 4) is 5.75 Å². The lowest BCUT2D eigenvalue weighted by Crippen LogP contribution is -2.40. The van der Waals surface area contributed by atoms with E-state index >= 15 is 0 Å². The highest BCUT2D eigenvalue weighted by Crippen LogP contribution is 2.37. The first kappa shape index (κ1) is 29.1. The lowest BCUT2D eigenvalue weighted by molar-refractivity contribution is -0.140. The van der Waals surface area contributed by atoms with Crippen molar-refractivity contribution in [1.82, 2.24) is 9.62 Å². The number of aliphatic carboxylic acids is 1. The number of hydrogen-bond donors (Lipinski definition) is 2. The van der Waals surface area contributed by atoms with Crippen LogP contribution >= 0.6 is 12.4 Å². The summed E-state index contributed by atoms with van der Waals surface area (Å²) in [6.45, 7) is 2.83. The van der Waals surface area contributed by atoms with Crippen molar-refractivity contribution in [3.63, 3.8) is 0 Å². The van der Waals surface area contributed by atoms with Gasteiger partial charge < -0.3 is 15.2 Å². The van der Waals surface area contributed by atoms with Gasteiger partial charge >= 0.3 is 5.97 Å². The topological polar surface area (TPSA) is 95.9 Å². The number of nitrogens with zero attached hydrogens (tertiary/aromatic N) is 1. The third-order valence-corrected chi connectivity index (χ3v) is 9.61. The van der Waals surface area contributed by atoms with Crippen LogP contribution in [-0.2, 0) is 14.8 Å². The number of alkyl halides is 2. The number of hydrogen-bond acceptors (Lipinski definition) is 5. The average Bonchev–Trinajstić information content (AvgIpc) is 3.45. The Labute approximate surface area is 218 Å². The van der Waals surface area contributed by atoms with Crippen molar-refractivity contribution in [2.75, 3.05) is 13.1 Å². The molecule has 3 aliphatic rings. The summed E-state index contributed by atoms with van der Waals surface area (Å²) in [5.41, 5.74) is 0.868. The molecular formula is C25H37ClF2N2O5S. The van der Waals surface area contributed by atoms with Gasteiger partial charge in [-0.15, -0.1) is 12.4 Å². The van der Waals surface area contributed by atoms with Gasteiger partial charge in [-0.1, -0.05) is 6.07 Å². The van der Waals surface area contributed by atoms with Crippen molar-refractivity contribution in [1.29, 1.82) is 0 Å². The molecule has 0 unspecified atom stereocenters. The SMILES string of the molecule is Cc1ccc(S(=O)(=O)N2CCC[C@H]2C(=O)O)c(O[C@H]2CC[C@@H](CCNC3CCC(F)(F)CC3)C2)c1.Cl. The summed E-state index contributed by atoms with van der Waals surface area (Å²) < 4.78 is 60.7. The predicted octanol–water partition coefficient (Wildman–Crippen LogP) is 4.76. The van der Waals surface area contributed by atoms with E-state index in [1.54, 1.807) is 12.1 Å². The lowest BCUT2D eigenvalue weighted by Gasteiger charge is -2.29. The Morgan fingerprint density at radius 1 is 1.19 bits per heavy atom. The zero-order valence-corrected chi connectivity index (χ0v) is 22.3. The number of rotatable bonds is 9. The van der Waals surface area contributed by atoms with Gasteiger partial charge in [0, 0.05) is 25.4 Å². The van der Waals surface area contributed by atoms with Crippen molar-refractivity contribution < 1.29 is 31.8 Å². The molecule has 0 spiro atoms. The fourth-order valence-electron chi connectivity index (χ4n) is 5.64. The van der Waals surface area contributed by atoms with Crippen LogP contribution in [0.2, 0.25) is 0 Å². The number of benzene rings is 1. The average molecular weight is 551 g/mol. The summed E-state index contributed by atoms with van der Waals surface area (Å²) in [5.74, 6) is -2.93. The molecule has 0 aromatic heterocycles. The molecule has 1 saturated heterocycles. The van der Waals surface area contributed by atoms with E-state index in [9.17, 15) is 27.1 Å². The first-order valence-electron chi connectivity index (χ1n) is 12.7. The zero-order valence-electron chi connectivity index (χ0n) is 20.6. The van der Waals surface area contributed by atoms with Crippen LogP contribution in [0.4, 0.5) is 8.78 Å². The molecule has 0 radical (unpaired) electrons. The van der Waals surface area contributed by atoms with Gasteiger partial charge in [-0.25, -0.2) is 17.2 Å². The molecule has 1 aliphatic heterocycles. The maximum Gasteiger partial charge on any atom is 0.322 e. The Balaban J connectivity index is 0.00000361. The second kappa shape index (κ2) is 11.9. The third kappa shape index (κ3) is 6.88. The molecule has 1 heterocycles. The van der Waals surface area contributed by atoms with Crippen LogP contribution in [0.1, 0.15) is 69.8 Å². The number of ether oxygens (including phenoxy) is 1. The summed E-state index contributed by atoms with van der Waals surface area (Å²) >= 11 is 0. The van der Waals surface area contributed by atoms with E-state index < -0.39 is 28.0 Å². The normalized spacial score (nSPS) is 27.0. The molecule has 0 bridgehead atoms. The number of carbonyl (C=O) groups is 1. The van der Waals surface area contributed by atoms with Gasteiger partial charge in [0.05, 0.1) is 6.10 Å². The van der Waals surface area contributed by atoms with Gasteiger partial charge in [-0.05, 0) is 88.4 Å². The van der Waals surface area contributed by atoms with Crippen molar-refractivity contribution in [2.45, 2.75) is 100 Å². The molecule has 3 fully saturated rings. The first-order chi connectivity index (χ1) is 16.5. The second-order valence-corrected chi connectivity index (χ2v) is 12.2. The summed E-state index contributed by atoms with van der Waals surface area (Å²) in [4.78, 5) is 11.6. The molecule has 1 aromatic carbocycles. The largest absolute Gasteiger partial charge is 0.489 e. The van der Waals surface area contributed by atoms with Crippen LogP contribution in [0.3, 0.4) is 0 Å². The van der Waals surface area contributed by atoms with E-state index in [-0.39, 0.29) is 54.6 Å². The van der Waals surface area contributed by atoms with Gasteiger partial charge in [0.1, 0.15) is 16.7 Å². The fraction of sp³-hybridized carbons (Fsp3) is 0.720. The summed E-state index contributed by atoms with van der Waals surface area (Å²) in [7, 11) is -4.01. The summed E-state index contributed by atoms with van der Waals surface area (Å²) in [5, 5.41) is 12.9. The molecule has 2 N–H and O–H groups in total. The van der Waals surface area contributed by atoms with E-state index in [1.807, 2.05) is 6.92 Å². The minimum atomic E-state index is -4.01. The summed E-state index contributed by atoms with van der Waals surface area (Å²) in [6.07, 6.45) is 5.15. The van der Waals surface area contributed by atoms with Crippen LogP contribution in [0, 0.1) is 12.8 Å². The second-order valence-electron chi connectivity index (χ2n) is 10.4. The summed E-state index contributed by atoms with van der Waals surface area (Å²) in [6, 6.07) is 4.04. The van der Waals surface area contributed by atoms with Crippen LogP contribution in [0.15, 0.2) is 23.1 Å². The monoisotopic (exact) mass is 550 g/mol.